The predicted octanol–water partition coefficient (Wildman–Crippen LogP) is 4.61. The van der Waals surface area contributed by atoms with Gasteiger partial charge in [0.05, 0.1) is 13.2 Å². The van der Waals surface area contributed by atoms with Crippen LogP contribution >= 0.6 is 12.2 Å². The zero-order valence-corrected chi connectivity index (χ0v) is 16.4. The van der Waals surface area contributed by atoms with Gasteiger partial charge in [0.15, 0.2) is 5.11 Å². The minimum Gasteiger partial charge on any atom is -0.497 e. The van der Waals surface area contributed by atoms with Crippen molar-refractivity contribution in [1.29, 1.82) is 0 Å². The molecule has 3 aromatic rings. The fraction of sp³-hybridized carbons (Fsp3) is 0.227. The summed E-state index contributed by atoms with van der Waals surface area (Å²) in [5, 5.41) is 4.11. The average molecular weight is 378 g/mol. The van der Waals surface area contributed by atoms with E-state index in [1.165, 1.54) is 16.8 Å². The lowest BCUT2D eigenvalue weighted by Crippen LogP contribution is -2.44. The van der Waals surface area contributed by atoms with Gasteiger partial charge in [0.25, 0.3) is 0 Å². The minimum atomic E-state index is 0.0972. The van der Waals surface area contributed by atoms with Crippen LogP contribution in [0.5, 0.6) is 5.75 Å². The topological polar surface area (TPSA) is 29.4 Å². The highest BCUT2D eigenvalue weighted by Crippen LogP contribution is 2.33. The van der Waals surface area contributed by atoms with Gasteiger partial charge in [-0.2, -0.15) is 0 Å². The molecule has 4 rings (SSSR count). The van der Waals surface area contributed by atoms with Gasteiger partial charge in [-0.05, 0) is 49.0 Å². The van der Waals surface area contributed by atoms with E-state index in [1.807, 2.05) is 24.3 Å². The van der Waals surface area contributed by atoms with Crippen LogP contribution < -0.4 is 10.1 Å². The molecule has 0 saturated heterocycles. The van der Waals surface area contributed by atoms with Gasteiger partial charge in [-0.15, -0.1) is 0 Å². The number of rotatable bonds is 3. The number of aromatic nitrogens is 1. The second-order valence-corrected chi connectivity index (χ2v) is 7.18. The molecule has 4 nitrogen and oxygen atoms in total. The van der Waals surface area contributed by atoms with Gasteiger partial charge in [-0.25, -0.2) is 0 Å². The molecule has 1 atom stereocenters. The molecule has 5 heteroatoms. The summed E-state index contributed by atoms with van der Waals surface area (Å²) in [7, 11) is 1.67. The summed E-state index contributed by atoms with van der Waals surface area (Å²) in [6.07, 6.45) is 2.15. The molecule has 0 unspecified atom stereocenters. The summed E-state index contributed by atoms with van der Waals surface area (Å²) in [4.78, 5) is 2.27. The molecular formula is C22H23N3OS. The summed E-state index contributed by atoms with van der Waals surface area (Å²) >= 11 is 5.81. The second kappa shape index (κ2) is 7.45. The Morgan fingerprint density at radius 1 is 1.07 bits per heavy atom. The van der Waals surface area contributed by atoms with Crippen molar-refractivity contribution in [3.8, 4) is 5.75 Å². The van der Waals surface area contributed by atoms with Crippen LogP contribution in [0.4, 0.5) is 5.69 Å². The number of thiocarbonyl (C=S) groups is 1. The highest BCUT2D eigenvalue weighted by Gasteiger charge is 2.30. The molecule has 1 N–H and O–H groups in total. The Labute approximate surface area is 165 Å². The lowest BCUT2D eigenvalue weighted by atomic mass is 9.99. The van der Waals surface area contributed by atoms with Crippen LogP contribution in [0.25, 0.3) is 0 Å². The Kier molecular flexibility index (Phi) is 4.86. The van der Waals surface area contributed by atoms with Crippen molar-refractivity contribution in [2.24, 2.45) is 0 Å². The maximum absolute atomic E-state index is 5.81. The van der Waals surface area contributed by atoms with E-state index in [0.717, 1.165) is 29.6 Å². The Hall–Kier alpha value is -2.79. The summed E-state index contributed by atoms with van der Waals surface area (Å²) in [6.45, 7) is 3.89. The van der Waals surface area contributed by atoms with Gasteiger partial charge >= 0.3 is 0 Å². The van der Waals surface area contributed by atoms with Crippen molar-refractivity contribution >= 4 is 23.0 Å². The zero-order valence-electron chi connectivity index (χ0n) is 15.6. The van der Waals surface area contributed by atoms with E-state index in [4.69, 9.17) is 17.0 Å². The smallest absolute Gasteiger partial charge is 0.174 e. The number of nitrogens with zero attached hydrogens (tertiary/aromatic N) is 2. The number of hydrogen-bond donors (Lipinski definition) is 1. The average Bonchev–Trinajstić information content (AvgIpc) is 3.17. The van der Waals surface area contributed by atoms with Crippen LogP contribution in [0.15, 0.2) is 66.9 Å². The standard InChI is InChI=1S/C22H23N3OS/c1-16-8-10-17(11-9-16)21-20-7-4-12-24(20)13-14-25(21)22(27)23-18-5-3-6-19(15-18)26-2/h3-12,15,21H,13-14H2,1-2H3,(H,23,27)/t21-/m0/s1. The van der Waals surface area contributed by atoms with Gasteiger partial charge in [0.2, 0.25) is 0 Å². The lowest BCUT2D eigenvalue weighted by Gasteiger charge is -2.39. The van der Waals surface area contributed by atoms with Crippen LogP contribution in [0, 0.1) is 6.92 Å². The normalized spacial score (nSPS) is 15.9. The highest BCUT2D eigenvalue weighted by molar-refractivity contribution is 7.80. The monoisotopic (exact) mass is 377 g/mol. The largest absolute Gasteiger partial charge is 0.497 e. The molecule has 2 aromatic carbocycles. The Morgan fingerprint density at radius 2 is 1.89 bits per heavy atom. The molecule has 0 bridgehead atoms. The van der Waals surface area contributed by atoms with Gasteiger partial charge in [0, 0.05) is 36.7 Å². The second-order valence-electron chi connectivity index (χ2n) is 6.80. The number of anilines is 1. The van der Waals surface area contributed by atoms with Crippen molar-refractivity contribution in [2.75, 3.05) is 19.0 Å². The van der Waals surface area contributed by atoms with E-state index in [0.29, 0.717) is 0 Å². The van der Waals surface area contributed by atoms with E-state index in [9.17, 15) is 0 Å². The third-order valence-corrected chi connectivity index (χ3v) is 5.35. The Bertz CT molecular complexity index is 948. The van der Waals surface area contributed by atoms with Gasteiger partial charge in [-0.3, -0.25) is 0 Å². The number of fused-ring (bicyclic) bond motifs is 1. The number of hydrogen-bond acceptors (Lipinski definition) is 2. The molecular weight excluding hydrogens is 354 g/mol. The number of ether oxygens (including phenoxy) is 1. The predicted molar refractivity (Wildman–Crippen MR) is 113 cm³/mol. The highest BCUT2D eigenvalue weighted by atomic mass is 32.1. The lowest BCUT2D eigenvalue weighted by molar-refractivity contribution is 0.293. The van der Waals surface area contributed by atoms with Crippen LogP contribution in [0.1, 0.15) is 22.9 Å². The van der Waals surface area contributed by atoms with E-state index in [2.05, 4.69) is 64.3 Å². The summed E-state index contributed by atoms with van der Waals surface area (Å²) in [5.74, 6) is 0.811. The third-order valence-electron chi connectivity index (χ3n) is 5.01. The van der Waals surface area contributed by atoms with Crippen LogP contribution in [-0.4, -0.2) is 28.2 Å². The molecule has 1 aliphatic heterocycles. The number of benzene rings is 2. The van der Waals surface area contributed by atoms with E-state index in [1.54, 1.807) is 7.11 Å². The molecule has 0 spiro atoms. The minimum absolute atomic E-state index is 0.0972. The molecule has 1 aromatic heterocycles. The first-order valence-electron chi connectivity index (χ1n) is 9.09. The van der Waals surface area contributed by atoms with E-state index in [-0.39, 0.29) is 6.04 Å². The van der Waals surface area contributed by atoms with E-state index < -0.39 is 0 Å². The van der Waals surface area contributed by atoms with E-state index >= 15 is 0 Å². The molecule has 27 heavy (non-hydrogen) atoms. The first-order chi connectivity index (χ1) is 13.2. The van der Waals surface area contributed by atoms with Crippen LogP contribution in [-0.2, 0) is 6.54 Å². The van der Waals surface area contributed by atoms with Crippen molar-refractivity contribution in [3.63, 3.8) is 0 Å². The van der Waals surface area contributed by atoms with Gasteiger partial charge in [-0.1, -0.05) is 35.9 Å². The van der Waals surface area contributed by atoms with Crippen molar-refractivity contribution in [3.05, 3.63) is 83.7 Å². The van der Waals surface area contributed by atoms with Crippen LogP contribution in [0.3, 0.4) is 0 Å². The summed E-state index contributed by atoms with van der Waals surface area (Å²) < 4.78 is 7.63. The van der Waals surface area contributed by atoms with Crippen LogP contribution in [0.2, 0.25) is 0 Å². The Balaban J connectivity index is 1.65. The van der Waals surface area contributed by atoms with Crippen molar-refractivity contribution < 1.29 is 4.74 Å². The molecule has 138 valence electrons. The Morgan fingerprint density at radius 3 is 2.67 bits per heavy atom. The molecule has 0 aliphatic carbocycles. The SMILES string of the molecule is COc1cccc(NC(=S)N2CCn3cccc3[C@@H]2c2ccc(C)cc2)c1. The number of aryl methyl sites for hydroxylation is 1. The summed E-state index contributed by atoms with van der Waals surface area (Å²) in [5.41, 5.74) is 4.70. The molecule has 0 radical (unpaired) electrons. The van der Waals surface area contributed by atoms with Crippen molar-refractivity contribution in [2.45, 2.75) is 19.5 Å². The summed E-state index contributed by atoms with van der Waals surface area (Å²) in [6, 6.07) is 21.0. The number of nitrogens with one attached hydrogen (secondary N) is 1. The first-order valence-corrected chi connectivity index (χ1v) is 9.50. The first kappa shape index (κ1) is 17.6. The quantitative estimate of drug-likeness (QED) is 0.675. The van der Waals surface area contributed by atoms with Crippen molar-refractivity contribution in [1.82, 2.24) is 9.47 Å². The zero-order chi connectivity index (χ0) is 18.8. The molecule has 2 heterocycles. The third kappa shape index (κ3) is 3.55. The van der Waals surface area contributed by atoms with Gasteiger partial charge < -0.3 is 19.5 Å². The number of methoxy groups -OCH3 is 1. The maximum atomic E-state index is 5.81. The maximum Gasteiger partial charge on any atom is 0.174 e. The van der Waals surface area contributed by atoms with Gasteiger partial charge in [0.1, 0.15) is 5.75 Å². The molecule has 0 saturated carbocycles. The fourth-order valence-corrected chi connectivity index (χ4v) is 3.91. The fourth-order valence-electron chi connectivity index (χ4n) is 3.60. The molecule has 0 fully saturated rings. The molecule has 1 aliphatic rings. The molecule has 0 amide bonds.